The van der Waals surface area contributed by atoms with Gasteiger partial charge in [-0.2, -0.15) is 8.61 Å². The normalized spacial score (nSPS) is 19.2. The van der Waals surface area contributed by atoms with E-state index in [1.54, 1.807) is 13.0 Å². The summed E-state index contributed by atoms with van der Waals surface area (Å²) in [5.41, 5.74) is 1.40. The molecule has 1 aromatic carbocycles. The summed E-state index contributed by atoms with van der Waals surface area (Å²) in [7, 11) is -4.95. The van der Waals surface area contributed by atoms with Gasteiger partial charge in [-0.15, -0.1) is 11.3 Å². The van der Waals surface area contributed by atoms with Gasteiger partial charge in [0.05, 0.1) is 19.1 Å². The van der Waals surface area contributed by atoms with Gasteiger partial charge in [0, 0.05) is 31.6 Å². The van der Waals surface area contributed by atoms with Gasteiger partial charge in [0.2, 0.25) is 10.0 Å². The second kappa shape index (κ2) is 9.47. The Bertz CT molecular complexity index is 1340. The van der Waals surface area contributed by atoms with Crippen molar-refractivity contribution in [3.05, 3.63) is 40.3 Å². The maximum absolute atomic E-state index is 13.4. The number of thiophene rings is 1. The number of carbonyl (C=O) groups is 1. The Morgan fingerprint density at radius 2 is 1.60 bits per heavy atom. The minimum atomic E-state index is -3.89. The lowest BCUT2D eigenvalue weighted by Gasteiger charge is -2.38. The molecule has 192 valence electrons. The molecular formula is C23H30N2O7S3. The molecule has 12 heteroatoms. The van der Waals surface area contributed by atoms with Crippen molar-refractivity contribution < 1.29 is 31.1 Å². The highest BCUT2D eigenvalue weighted by Gasteiger charge is 2.47. The Kier molecular flexibility index (Phi) is 7.06. The fourth-order valence-electron chi connectivity index (χ4n) is 4.90. The third kappa shape index (κ3) is 4.62. The van der Waals surface area contributed by atoms with Gasteiger partial charge in [0.1, 0.15) is 5.56 Å². The standard InChI is InChI=1S/C23H30N2O7S3/c1-16-5-6-17(2)19(13-16)34(27,28)24-10-7-23(8-11-24)9-12-25(15-23)35(29,30)22-20(31-3)18(14-33-22)21(26)32-4/h5-6,13-14H,7-12,15H2,1-4H3. The number of benzene rings is 1. The van der Waals surface area contributed by atoms with Crippen LogP contribution in [-0.4, -0.2) is 71.8 Å². The van der Waals surface area contributed by atoms with Crippen molar-refractivity contribution in [2.45, 2.75) is 42.2 Å². The van der Waals surface area contributed by atoms with E-state index in [9.17, 15) is 21.6 Å². The highest BCUT2D eigenvalue weighted by atomic mass is 32.2. The fraction of sp³-hybridized carbons (Fsp3) is 0.522. The van der Waals surface area contributed by atoms with E-state index in [1.807, 2.05) is 19.1 Å². The fourth-order valence-corrected chi connectivity index (χ4v) is 9.77. The van der Waals surface area contributed by atoms with Gasteiger partial charge in [-0.25, -0.2) is 21.6 Å². The van der Waals surface area contributed by atoms with Crippen molar-refractivity contribution in [3.63, 3.8) is 0 Å². The van der Waals surface area contributed by atoms with E-state index < -0.39 is 26.0 Å². The van der Waals surface area contributed by atoms with Crippen LogP contribution in [0.4, 0.5) is 0 Å². The molecule has 2 aliphatic rings. The lowest BCUT2D eigenvalue weighted by atomic mass is 9.78. The number of carbonyl (C=O) groups excluding carboxylic acids is 1. The number of methoxy groups -OCH3 is 2. The first-order valence-electron chi connectivity index (χ1n) is 11.3. The molecule has 2 fully saturated rings. The monoisotopic (exact) mass is 542 g/mol. The maximum atomic E-state index is 13.4. The lowest BCUT2D eigenvalue weighted by Crippen LogP contribution is -2.44. The molecule has 3 heterocycles. The minimum Gasteiger partial charge on any atom is -0.494 e. The molecule has 0 amide bonds. The van der Waals surface area contributed by atoms with Crippen LogP contribution in [0.15, 0.2) is 32.7 Å². The molecule has 0 unspecified atom stereocenters. The van der Waals surface area contributed by atoms with E-state index in [-0.39, 0.29) is 20.9 Å². The quantitative estimate of drug-likeness (QED) is 0.516. The minimum absolute atomic E-state index is 0.00256. The number of piperidine rings is 1. The van der Waals surface area contributed by atoms with Crippen LogP contribution in [0.5, 0.6) is 5.75 Å². The molecule has 4 rings (SSSR count). The van der Waals surface area contributed by atoms with Gasteiger partial charge in [-0.1, -0.05) is 12.1 Å². The number of esters is 1. The smallest absolute Gasteiger partial charge is 0.342 e. The van der Waals surface area contributed by atoms with Gasteiger partial charge in [-0.05, 0) is 55.7 Å². The summed E-state index contributed by atoms with van der Waals surface area (Å²) in [6, 6.07) is 5.41. The third-order valence-corrected chi connectivity index (χ3v) is 12.4. The third-order valence-electron chi connectivity index (χ3n) is 7.05. The summed E-state index contributed by atoms with van der Waals surface area (Å²) in [4.78, 5) is 12.3. The zero-order chi connectivity index (χ0) is 25.6. The van der Waals surface area contributed by atoms with Crippen LogP contribution in [0.3, 0.4) is 0 Å². The Morgan fingerprint density at radius 3 is 2.20 bits per heavy atom. The molecule has 0 atom stereocenters. The first-order valence-corrected chi connectivity index (χ1v) is 15.0. The topological polar surface area (TPSA) is 110 Å². The average molecular weight is 543 g/mol. The largest absolute Gasteiger partial charge is 0.494 e. The Balaban J connectivity index is 1.50. The maximum Gasteiger partial charge on any atom is 0.342 e. The van der Waals surface area contributed by atoms with Gasteiger partial charge in [-0.3, -0.25) is 0 Å². The number of nitrogens with zero attached hydrogens (tertiary/aromatic N) is 2. The zero-order valence-corrected chi connectivity index (χ0v) is 22.7. The predicted octanol–water partition coefficient (Wildman–Crippen LogP) is 3.03. The van der Waals surface area contributed by atoms with Gasteiger partial charge < -0.3 is 9.47 Å². The molecule has 9 nitrogen and oxygen atoms in total. The molecule has 0 radical (unpaired) electrons. The van der Waals surface area contributed by atoms with Crippen LogP contribution in [0.2, 0.25) is 0 Å². The second-order valence-electron chi connectivity index (χ2n) is 9.22. The molecule has 0 N–H and O–H groups in total. The van der Waals surface area contributed by atoms with Crippen LogP contribution in [0.1, 0.15) is 40.7 Å². The molecule has 0 aliphatic carbocycles. The zero-order valence-electron chi connectivity index (χ0n) is 20.2. The average Bonchev–Trinajstić information content (AvgIpc) is 3.46. The highest BCUT2D eigenvalue weighted by Crippen LogP contribution is 2.45. The van der Waals surface area contributed by atoms with Crippen LogP contribution in [-0.2, 0) is 24.8 Å². The van der Waals surface area contributed by atoms with E-state index in [2.05, 4.69) is 0 Å². The number of ether oxygens (including phenoxy) is 2. The van der Waals surface area contributed by atoms with Crippen molar-refractivity contribution in [2.24, 2.45) is 5.41 Å². The van der Waals surface area contributed by atoms with Crippen molar-refractivity contribution in [3.8, 4) is 5.75 Å². The highest BCUT2D eigenvalue weighted by molar-refractivity contribution is 7.91. The first kappa shape index (κ1) is 26.1. The lowest BCUT2D eigenvalue weighted by molar-refractivity contribution is 0.0597. The van der Waals surface area contributed by atoms with E-state index in [0.29, 0.717) is 55.9 Å². The van der Waals surface area contributed by atoms with E-state index >= 15 is 0 Å². The Labute approximate surface area is 210 Å². The van der Waals surface area contributed by atoms with Crippen molar-refractivity contribution in [1.29, 1.82) is 0 Å². The van der Waals surface area contributed by atoms with Crippen LogP contribution < -0.4 is 4.74 Å². The van der Waals surface area contributed by atoms with E-state index in [1.165, 1.54) is 28.2 Å². The predicted molar refractivity (Wildman–Crippen MR) is 132 cm³/mol. The first-order chi connectivity index (χ1) is 16.4. The number of hydrogen-bond donors (Lipinski definition) is 0. The Morgan fingerprint density at radius 1 is 0.971 bits per heavy atom. The molecule has 2 aliphatic heterocycles. The molecule has 1 spiro atoms. The van der Waals surface area contributed by atoms with Crippen LogP contribution in [0, 0.1) is 19.3 Å². The van der Waals surface area contributed by atoms with Crippen molar-refractivity contribution in [2.75, 3.05) is 40.4 Å². The summed E-state index contributed by atoms with van der Waals surface area (Å²) >= 11 is 0.934. The molecule has 2 saturated heterocycles. The summed E-state index contributed by atoms with van der Waals surface area (Å²) in [5.74, 6) is -0.660. The van der Waals surface area contributed by atoms with Gasteiger partial charge in [0.15, 0.2) is 9.96 Å². The molecular weight excluding hydrogens is 512 g/mol. The number of sulfonamides is 2. The molecule has 2 aromatic rings. The summed E-state index contributed by atoms with van der Waals surface area (Å²) in [5, 5.41) is 1.43. The molecule has 35 heavy (non-hydrogen) atoms. The SMILES string of the molecule is COC(=O)c1csc(S(=O)(=O)N2CCC3(CCN(S(=O)(=O)c4cc(C)ccc4C)CC3)C2)c1OC. The summed E-state index contributed by atoms with van der Waals surface area (Å²) < 4.78 is 66.4. The molecule has 0 bridgehead atoms. The molecule has 0 saturated carbocycles. The summed E-state index contributed by atoms with van der Waals surface area (Å²) in [6.45, 7) is 4.99. The summed E-state index contributed by atoms with van der Waals surface area (Å²) in [6.07, 6.45) is 1.82. The van der Waals surface area contributed by atoms with Gasteiger partial charge >= 0.3 is 5.97 Å². The Hall–Kier alpha value is -1.99. The van der Waals surface area contributed by atoms with E-state index in [0.717, 1.165) is 16.9 Å². The van der Waals surface area contributed by atoms with Crippen LogP contribution >= 0.6 is 11.3 Å². The van der Waals surface area contributed by atoms with Crippen molar-refractivity contribution >= 4 is 37.4 Å². The second-order valence-corrected chi connectivity index (χ2v) is 14.1. The number of rotatable bonds is 6. The number of hydrogen-bond acceptors (Lipinski definition) is 8. The van der Waals surface area contributed by atoms with Crippen LogP contribution in [0.25, 0.3) is 0 Å². The van der Waals surface area contributed by atoms with E-state index in [4.69, 9.17) is 9.47 Å². The molecule has 1 aromatic heterocycles. The number of aryl methyl sites for hydroxylation is 2. The van der Waals surface area contributed by atoms with Crippen molar-refractivity contribution in [1.82, 2.24) is 8.61 Å². The van der Waals surface area contributed by atoms with Gasteiger partial charge in [0.25, 0.3) is 10.0 Å².